The number of halogens is 3. The number of nitrogens with one attached hydrogen (secondary N) is 1. The van der Waals surface area contributed by atoms with Crippen LogP contribution in [0.15, 0.2) is 36.4 Å². The lowest BCUT2D eigenvalue weighted by molar-refractivity contribution is -0.119. The number of carbonyl (C=O) groups excluding carboxylic acids is 2. The van der Waals surface area contributed by atoms with Crippen molar-refractivity contribution >= 4 is 58.1 Å². The highest BCUT2D eigenvalue weighted by Crippen LogP contribution is 2.33. The van der Waals surface area contributed by atoms with Gasteiger partial charge in [-0.25, -0.2) is 4.79 Å². The predicted molar refractivity (Wildman–Crippen MR) is 101 cm³/mol. The average Bonchev–Trinajstić information content (AvgIpc) is 2.56. The van der Waals surface area contributed by atoms with Gasteiger partial charge >= 0.3 is 5.97 Å². The number of amides is 1. The van der Waals surface area contributed by atoms with Gasteiger partial charge in [-0.3, -0.25) is 4.79 Å². The maximum atomic E-state index is 12.1. The van der Waals surface area contributed by atoms with E-state index in [1.54, 1.807) is 18.2 Å². The quantitative estimate of drug-likeness (QED) is 0.749. The molecule has 0 aliphatic heterocycles. The van der Waals surface area contributed by atoms with Crippen molar-refractivity contribution in [3.8, 4) is 0 Å². The van der Waals surface area contributed by atoms with Gasteiger partial charge in [0.1, 0.15) is 0 Å². The minimum absolute atomic E-state index is 0.191. The molecule has 0 saturated heterocycles. The lowest BCUT2D eigenvalue weighted by Gasteiger charge is -2.13. The number of rotatable bonds is 5. The van der Waals surface area contributed by atoms with Crippen LogP contribution in [0.3, 0.4) is 0 Å². The molecule has 2 rings (SSSR count). The number of hydrogen-bond donors (Lipinski definition) is 1. The Morgan fingerprint density at radius 2 is 1.72 bits per heavy atom. The molecule has 1 amide bonds. The summed E-state index contributed by atoms with van der Waals surface area (Å²) in [5.74, 6) is -1.17. The molecule has 0 aliphatic carbocycles. The Hall–Kier alpha value is -1.95. The van der Waals surface area contributed by atoms with Crippen molar-refractivity contribution in [3.63, 3.8) is 0 Å². The van der Waals surface area contributed by atoms with Crippen LogP contribution in [-0.4, -0.2) is 32.6 Å². The van der Waals surface area contributed by atoms with Crippen molar-refractivity contribution in [3.05, 3.63) is 57.0 Å². The Kier molecular flexibility index (Phi) is 6.53. The van der Waals surface area contributed by atoms with E-state index in [1.165, 1.54) is 12.1 Å². The highest BCUT2D eigenvalue weighted by atomic mass is 35.5. The van der Waals surface area contributed by atoms with Crippen molar-refractivity contribution in [2.24, 2.45) is 0 Å². The van der Waals surface area contributed by atoms with Gasteiger partial charge in [-0.15, -0.1) is 0 Å². The molecule has 5 nitrogen and oxygen atoms in total. The first-order chi connectivity index (χ1) is 11.8. The molecule has 0 spiro atoms. The molecule has 0 unspecified atom stereocenters. The lowest BCUT2D eigenvalue weighted by Crippen LogP contribution is -2.21. The first kappa shape index (κ1) is 19.4. The number of hydrogen-bond acceptors (Lipinski definition) is 4. The van der Waals surface area contributed by atoms with E-state index in [4.69, 9.17) is 39.5 Å². The van der Waals surface area contributed by atoms with Gasteiger partial charge in [-0.2, -0.15) is 0 Å². The second kappa shape index (κ2) is 8.43. The van der Waals surface area contributed by atoms with E-state index in [1.807, 2.05) is 25.1 Å². The van der Waals surface area contributed by atoms with E-state index in [0.29, 0.717) is 10.6 Å². The number of benzene rings is 2. The molecule has 0 fully saturated rings. The molecular weight excluding hydrogens is 387 g/mol. The summed E-state index contributed by atoms with van der Waals surface area (Å²) in [5, 5.41) is 3.22. The third-order valence-corrected chi connectivity index (χ3v) is 4.02. The second-order valence-corrected chi connectivity index (χ2v) is 6.56. The van der Waals surface area contributed by atoms with Crippen LogP contribution in [0.25, 0.3) is 0 Å². The maximum Gasteiger partial charge on any atom is 0.338 e. The molecule has 0 radical (unpaired) electrons. The Labute approximate surface area is 160 Å². The Morgan fingerprint density at radius 3 is 2.32 bits per heavy atom. The van der Waals surface area contributed by atoms with E-state index in [9.17, 15) is 9.59 Å². The van der Waals surface area contributed by atoms with Crippen molar-refractivity contribution < 1.29 is 14.3 Å². The van der Waals surface area contributed by atoms with Crippen LogP contribution in [0.4, 0.5) is 11.4 Å². The Morgan fingerprint density at radius 1 is 1.08 bits per heavy atom. The number of anilines is 2. The number of carbonyl (C=O) groups is 2. The fourth-order valence-electron chi connectivity index (χ4n) is 1.96. The lowest BCUT2D eigenvalue weighted by atomic mass is 10.2. The average molecular weight is 402 g/mol. The second-order valence-electron chi connectivity index (χ2n) is 5.31. The third-order valence-electron chi connectivity index (χ3n) is 3.20. The zero-order chi connectivity index (χ0) is 18.6. The molecule has 8 heteroatoms. The van der Waals surface area contributed by atoms with E-state index in [-0.39, 0.29) is 15.7 Å². The fourth-order valence-corrected chi connectivity index (χ4v) is 2.87. The predicted octanol–water partition coefficient (Wildman–Crippen LogP) is 4.51. The van der Waals surface area contributed by atoms with Crippen LogP contribution in [0.2, 0.25) is 15.1 Å². The summed E-state index contributed by atoms with van der Waals surface area (Å²) in [7, 11) is 3.72. The fraction of sp³-hybridized carbons (Fsp3) is 0.176. The van der Waals surface area contributed by atoms with E-state index >= 15 is 0 Å². The normalized spacial score (nSPS) is 10.3. The van der Waals surface area contributed by atoms with Gasteiger partial charge in [0.05, 0.1) is 21.3 Å². The summed E-state index contributed by atoms with van der Waals surface area (Å²) in [6, 6.07) is 9.77. The summed E-state index contributed by atoms with van der Waals surface area (Å²) >= 11 is 17.8. The van der Waals surface area contributed by atoms with Crippen LogP contribution in [0.5, 0.6) is 0 Å². The van der Waals surface area contributed by atoms with Crippen LogP contribution >= 0.6 is 34.8 Å². The topological polar surface area (TPSA) is 58.6 Å². The number of esters is 1. The van der Waals surface area contributed by atoms with Gasteiger partial charge < -0.3 is 15.0 Å². The van der Waals surface area contributed by atoms with E-state index < -0.39 is 18.5 Å². The summed E-state index contributed by atoms with van der Waals surface area (Å²) in [5.41, 5.74) is 1.41. The standard InChI is InChI=1S/C17H15Cl3N2O3/c1-22(2)12-5-3-4-10(6-12)17(24)25-9-15(23)21-16-13(19)7-11(18)8-14(16)20/h3-8H,9H2,1-2H3,(H,21,23). The van der Waals surface area contributed by atoms with Gasteiger partial charge in [-0.05, 0) is 30.3 Å². The molecule has 132 valence electrons. The molecule has 0 bridgehead atoms. The molecule has 2 aromatic carbocycles. The van der Waals surface area contributed by atoms with Crippen LogP contribution in [0, 0.1) is 0 Å². The summed E-state index contributed by atoms with van der Waals surface area (Å²) in [6.45, 7) is -0.472. The molecule has 2 aromatic rings. The number of ether oxygens (including phenoxy) is 1. The largest absolute Gasteiger partial charge is 0.452 e. The van der Waals surface area contributed by atoms with Crippen molar-refractivity contribution in [2.45, 2.75) is 0 Å². The van der Waals surface area contributed by atoms with Crippen LogP contribution in [0.1, 0.15) is 10.4 Å². The van der Waals surface area contributed by atoms with Crippen molar-refractivity contribution in [2.75, 3.05) is 30.9 Å². The highest BCUT2D eigenvalue weighted by Gasteiger charge is 2.14. The minimum atomic E-state index is -0.604. The summed E-state index contributed by atoms with van der Waals surface area (Å²) in [6.07, 6.45) is 0. The summed E-state index contributed by atoms with van der Waals surface area (Å²) in [4.78, 5) is 25.9. The minimum Gasteiger partial charge on any atom is -0.452 e. The Bertz CT molecular complexity index is 786. The highest BCUT2D eigenvalue weighted by molar-refractivity contribution is 6.42. The molecule has 1 N–H and O–H groups in total. The molecule has 0 aliphatic rings. The maximum absolute atomic E-state index is 12.1. The van der Waals surface area contributed by atoms with Gasteiger partial charge in [-0.1, -0.05) is 40.9 Å². The molecule has 0 heterocycles. The molecule has 0 aromatic heterocycles. The van der Waals surface area contributed by atoms with Gasteiger partial charge in [0, 0.05) is 24.8 Å². The molecule has 0 atom stereocenters. The zero-order valence-electron chi connectivity index (χ0n) is 13.5. The molecule has 0 saturated carbocycles. The monoisotopic (exact) mass is 400 g/mol. The van der Waals surface area contributed by atoms with Gasteiger partial charge in [0.15, 0.2) is 6.61 Å². The van der Waals surface area contributed by atoms with Gasteiger partial charge in [0.2, 0.25) is 0 Å². The first-order valence-corrected chi connectivity index (χ1v) is 8.30. The Balaban J connectivity index is 1.98. The number of nitrogens with zero attached hydrogens (tertiary/aromatic N) is 1. The summed E-state index contributed by atoms with van der Waals surface area (Å²) < 4.78 is 5.02. The molecular formula is C17H15Cl3N2O3. The first-order valence-electron chi connectivity index (χ1n) is 7.17. The van der Waals surface area contributed by atoms with Crippen LogP contribution in [-0.2, 0) is 9.53 Å². The van der Waals surface area contributed by atoms with Crippen LogP contribution < -0.4 is 10.2 Å². The zero-order valence-corrected chi connectivity index (χ0v) is 15.7. The third kappa shape index (κ3) is 5.26. The molecule has 25 heavy (non-hydrogen) atoms. The van der Waals surface area contributed by atoms with Gasteiger partial charge in [0.25, 0.3) is 5.91 Å². The van der Waals surface area contributed by atoms with E-state index in [0.717, 1.165) is 5.69 Å². The van der Waals surface area contributed by atoms with Crippen molar-refractivity contribution in [1.82, 2.24) is 0 Å². The van der Waals surface area contributed by atoms with E-state index in [2.05, 4.69) is 5.32 Å². The SMILES string of the molecule is CN(C)c1cccc(C(=O)OCC(=O)Nc2c(Cl)cc(Cl)cc2Cl)c1. The van der Waals surface area contributed by atoms with Crippen molar-refractivity contribution in [1.29, 1.82) is 0 Å². The smallest absolute Gasteiger partial charge is 0.338 e.